The van der Waals surface area contributed by atoms with Crippen molar-refractivity contribution in [3.05, 3.63) is 66.7 Å². The van der Waals surface area contributed by atoms with Gasteiger partial charge >= 0.3 is 7.12 Å². The molecule has 0 aliphatic carbocycles. The van der Waals surface area contributed by atoms with Crippen molar-refractivity contribution in [3.63, 3.8) is 0 Å². The molecule has 1 fully saturated rings. The number of nitrogens with one attached hydrogen (secondary N) is 1. The van der Waals surface area contributed by atoms with Gasteiger partial charge in [0.15, 0.2) is 0 Å². The van der Waals surface area contributed by atoms with Crippen LogP contribution in [0.2, 0.25) is 0 Å². The summed E-state index contributed by atoms with van der Waals surface area (Å²) in [5.74, 6) is 0. The Morgan fingerprint density at radius 3 is 1.82 bits per heavy atom. The molecule has 0 unspecified atom stereocenters. The fourth-order valence-electron chi connectivity index (χ4n) is 3.95. The Hall–Kier alpha value is -2.56. The molecule has 0 aromatic heterocycles. The number of anilines is 2. The molecule has 0 saturated carbocycles. The summed E-state index contributed by atoms with van der Waals surface area (Å²) in [7, 11) is -0.370. The zero-order chi connectivity index (χ0) is 19.5. The first-order valence-corrected chi connectivity index (χ1v) is 9.81. The number of rotatable bonds is 1. The van der Waals surface area contributed by atoms with Crippen LogP contribution in [-0.4, -0.2) is 18.3 Å². The minimum Gasteiger partial charge on any atom is -0.399 e. The molecule has 3 aromatic rings. The summed E-state index contributed by atoms with van der Waals surface area (Å²) >= 11 is 0. The molecule has 0 amide bonds. The van der Waals surface area contributed by atoms with Crippen LogP contribution in [0.5, 0.6) is 0 Å². The van der Waals surface area contributed by atoms with Gasteiger partial charge < -0.3 is 14.6 Å². The quantitative estimate of drug-likeness (QED) is 0.457. The van der Waals surface area contributed by atoms with E-state index in [1.54, 1.807) is 0 Å². The lowest BCUT2D eigenvalue weighted by molar-refractivity contribution is 0.00578. The van der Waals surface area contributed by atoms with E-state index in [-0.39, 0.29) is 18.3 Å². The van der Waals surface area contributed by atoms with E-state index < -0.39 is 0 Å². The van der Waals surface area contributed by atoms with Crippen molar-refractivity contribution >= 4 is 24.0 Å². The lowest BCUT2D eigenvalue weighted by Crippen LogP contribution is -2.41. The highest BCUT2D eigenvalue weighted by molar-refractivity contribution is 6.62. The maximum Gasteiger partial charge on any atom is 0.494 e. The first-order valence-electron chi connectivity index (χ1n) is 9.81. The molecular formula is C24H24BNO2. The maximum absolute atomic E-state index is 6.26. The van der Waals surface area contributed by atoms with Gasteiger partial charge in [0.1, 0.15) is 0 Å². The summed E-state index contributed by atoms with van der Waals surface area (Å²) in [6.07, 6.45) is 0. The van der Waals surface area contributed by atoms with Gasteiger partial charge in [-0.25, -0.2) is 0 Å². The van der Waals surface area contributed by atoms with Crippen LogP contribution in [0, 0.1) is 0 Å². The zero-order valence-corrected chi connectivity index (χ0v) is 16.7. The Labute approximate surface area is 166 Å². The third-order valence-corrected chi connectivity index (χ3v) is 6.27. The van der Waals surface area contributed by atoms with Gasteiger partial charge in [0, 0.05) is 22.5 Å². The lowest BCUT2D eigenvalue weighted by atomic mass is 9.78. The number of fused-ring (bicyclic) bond motifs is 5. The topological polar surface area (TPSA) is 30.5 Å². The summed E-state index contributed by atoms with van der Waals surface area (Å²) in [5.41, 5.74) is 7.39. The molecule has 2 heterocycles. The van der Waals surface area contributed by atoms with Gasteiger partial charge in [0.05, 0.1) is 11.2 Å². The van der Waals surface area contributed by atoms with Crippen LogP contribution in [0.3, 0.4) is 0 Å². The second-order valence-electron chi connectivity index (χ2n) is 8.61. The Bertz CT molecular complexity index is 1060. The number of benzene rings is 3. The van der Waals surface area contributed by atoms with E-state index >= 15 is 0 Å². The van der Waals surface area contributed by atoms with Crippen LogP contribution in [0.1, 0.15) is 27.7 Å². The highest BCUT2D eigenvalue weighted by atomic mass is 16.7. The average Bonchev–Trinajstić information content (AvgIpc) is 2.82. The monoisotopic (exact) mass is 369 g/mol. The summed E-state index contributed by atoms with van der Waals surface area (Å²) in [6, 6.07) is 23.5. The van der Waals surface area contributed by atoms with E-state index in [0.29, 0.717) is 0 Å². The van der Waals surface area contributed by atoms with Gasteiger partial charge in [-0.15, -0.1) is 0 Å². The van der Waals surface area contributed by atoms with Crippen molar-refractivity contribution in [2.45, 2.75) is 38.9 Å². The predicted octanol–water partition coefficient (Wildman–Crippen LogP) is 5.38. The molecule has 5 rings (SSSR count). The SMILES string of the molecule is CC1(C)OB(c2ccc3c(c2)Nc2ccccc2-c2ccccc2-3)OC1(C)C. The molecule has 140 valence electrons. The Morgan fingerprint density at radius 2 is 1.18 bits per heavy atom. The van der Waals surface area contributed by atoms with Crippen molar-refractivity contribution in [1.29, 1.82) is 0 Å². The second-order valence-corrected chi connectivity index (χ2v) is 8.61. The first-order chi connectivity index (χ1) is 13.4. The van der Waals surface area contributed by atoms with E-state index in [0.717, 1.165) is 16.8 Å². The lowest BCUT2D eigenvalue weighted by Gasteiger charge is -2.32. The standard InChI is InChI=1S/C24H24BNO2/c1-23(2)24(3,4)28-25(27-23)16-13-14-20-18-10-6-5-9-17(18)19-11-7-8-12-21(19)26-22(20)15-16/h5-15,26H,1-4H3. The second kappa shape index (κ2) is 5.97. The van der Waals surface area contributed by atoms with Crippen LogP contribution in [0.15, 0.2) is 66.7 Å². The van der Waals surface area contributed by atoms with Crippen LogP contribution in [0.25, 0.3) is 22.3 Å². The summed E-state index contributed by atoms with van der Waals surface area (Å²) in [5, 5.41) is 3.64. The van der Waals surface area contributed by atoms with Crippen LogP contribution < -0.4 is 10.8 Å². The summed E-state index contributed by atoms with van der Waals surface area (Å²) in [4.78, 5) is 0. The fourth-order valence-corrected chi connectivity index (χ4v) is 3.95. The third-order valence-electron chi connectivity index (χ3n) is 6.27. The fraction of sp³-hybridized carbons (Fsp3) is 0.250. The molecule has 3 aromatic carbocycles. The molecule has 1 saturated heterocycles. The zero-order valence-electron chi connectivity index (χ0n) is 16.7. The van der Waals surface area contributed by atoms with Crippen LogP contribution in [0.4, 0.5) is 11.4 Å². The number of hydrogen-bond acceptors (Lipinski definition) is 3. The highest BCUT2D eigenvalue weighted by Crippen LogP contribution is 2.44. The Morgan fingerprint density at radius 1 is 0.643 bits per heavy atom. The molecule has 1 N–H and O–H groups in total. The van der Waals surface area contributed by atoms with Crippen LogP contribution >= 0.6 is 0 Å². The smallest absolute Gasteiger partial charge is 0.399 e. The molecule has 2 aliphatic rings. The van der Waals surface area contributed by atoms with E-state index in [4.69, 9.17) is 9.31 Å². The minimum atomic E-state index is -0.370. The van der Waals surface area contributed by atoms with Gasteiger partial charge in [-0.3, -0.25) is 0 Å². The van der Waals surface area contributed by atoms with Crippen molar-refractivity contribution in [2.24, 2.45) is 0 Å². The van der Waals surface area contributed by atoms with E-state index in [2.05, 4.69) is 99.7 Å². The van der Waals surface area contributed by atoms with Crippen molar-refractivity contribution in [2.75, 3.05) is 5.32 Å². The Balaban J connectivity index is 1.64. The minimum absolute atomic E-state index is 0.350. The van der Waals surface area contributed by atoms with Gasteiger partial charge in [0.25, 0.3) is 0 Å². The molecular weight excluding hydrogens is 345 g/mol. The van der Waals surface area contributed by atoms with Crippen LogP contribution in [-0.2, 0) is 9.31 Å². The number of para-hydroxylation sites is 1. The molecule has 0 bridgehead atoms. The Kier molecular flexibility index (Phi) is 3.74. The molecule has 0 spiro atoms. The van der Waals surface area contributed by atoms with E-state index in [9.17, 15) is 0 Å². The van der Waals surface area contributed by atoms with Crippen molar-refractivity contribution < 1.29 is 9.31 Å². The molecule has 28 heavy (non-hydrogen) atoms. The average molecular weight is 369 g/mol. The third kappa shape index (κ3) is 2.60. The van der Waals surface area contributed by atoms with Gasteiger partial charge in [-0.1, -0.05) is 54.6 Å². The summed E-state index contributed by atoms with van der Waals surface area (Å²) in [6.45, 7) is 8.34. The number of hydrogen-bond donors (Lipinski definition) is 1. The van der Waals surface area contributed by atoms with Gasteiger partial charge in [-0.05, 0) is 56.4 Å². The van der Waals surface area contributed by atoms with Gasteiger partial charge in [-0.2, -0.15) is 0 Å². The van der Waals surface area contributed by atoms with E-state index in [1.165, 1.54) is 22.3 Å². The molecule has 0 radical (unpaired) electrons. The molecule has 4 heteroatoms. The maximum atomic E-state index is 6.26. The van der Waals surface area contributed by atoms with E-state index in [1.807, 2.05) is 0 Å². The molecule has 0 atom stereocenters. The largest absolute Gasteiger partial charge is 0.494 e. The predicted molar refractivity (Wildman–Crippen MR) is 116 cm³/mol. The normalized spacial score (nSPS) is 18.5. The molecule has 3 nitrogen and oxygen atoms in total. The molecule has 2 aliphatic heterocycles. The van der Waals surface area contributed by atoms with Crippen molar-refractivity contribution in [3.8, 4) is 22.3 Å². The summed E-state index contributed by atoms with van der Waals surface area (Å²) < 4.78 is 12.5. The van der Waals surface area contributed by atoms with Crippen molar-refractivity contribution in [1.82, 2.24) is 0 Å². The first kappa shape index (κ1) is 17.5. The highest BCUT2D eigenvalue weighted by Gasteiger charge is 2.51. The van der Waals surface area contributed by atoms with Gasteiger partial charge in [0.2, 0.25) is 0 Å².